The zero-order chi connectivity index (χ0) is 21.3. The van der Waals surface area contributed by atoms with Gasteiger partial charge < -0.3 is 5.32 Å². The third-order valence-electron chi connectivity index (χ3n) is 4.51. The molecule has 0 aliphatic carbocycles. The summed E-state index contributed by atoms with van der Waals surface area (Å²) in [4.78, 5) is 20.4. The number of carbonyl (C=O) groups is 1. The van der Waals surface area contributed by atoms with E-state index in [0.29, 0.717) is 5.56 Å². The van der Waals surface area contributed by atoms with E-state index >= 15 is 0 Å². The molecule has 1 aromatic carbocycles. The van der Waals surface area contributed by atoms with Crippen molar-refractivity contribution in [2.45, 2.75) is 46.3 Å². The minimum atomic E-state index is -4.41. The molecule has 1 N–H and O–H groups in total. The second-order valence-electron chi connectivity index (χ2n) is 6.92. The van der Waals surface area contributed by atoms with Crippen molar-refractivity contribution in [2.24, 2.45) is 0 Å². The van der Waals surface area contributed by atoms with Crippen molar-refractivity contribution >= 4 is 28.6 Å². The fourth-order valence-electron chi connectivity index (χ4n) is 3.17. The van der Waals surface area contributed by atoms with E-state index in [1.54, 1.807) is 24.3 Å². The van der Waals surface area contributed by atoms with E-state index in [4.69, 9.17) is 0 Å². The van der Waals surface area contributed by atoms with Gasteiger partial charge in [0.15, 0.2) is 0 Å². The van der Waals surface area contributed by atoms with E-state index in [0.717, 1.165) is 38.2 Å². The summed E-state index contributed by atoms with van der Waals surface area (Å²) < 4.78 is 38.8. The first kappa shape index (κ1) is 21.5. The number of thiophene rings is 1. The third kappa shape index (κ3) is 5.05. The van der Waals surface area contributed by atoms with Gasteiger partial charge in [0.25, 0.3) is 0 Å². The number of amides is 1. The highest BCUT2D eigenvalue weighted by molar-refractivity contribution is 7.13. The first-order valence-corrected chi connectivity index (χ1v) is 10.7. The smallest absolute Gasteiger partial charge is 0.349 e. The van der Waals surface area contributed by atoms with Gasteiger partial charge in [-0.15, -0.1) is 22.7 Å². The summed E-state index contributed by atoms with van der Waals surface area (Å²) in [6.07, 6.45) is -4.27. The molecule has 0 aliphatic heterocycles. The predicted molar refractivity (Wildman–Crippen MR) is 111 cm³/mol. The van der Waals surface area contributed by atoms with Crippen LogP contribution in [0.3, 0.4) is 0 Å². The molecular formula is C21H21F3N2OS2. The monoisotopic (exact) mass is 438 g/mol. The predicted octanol–water partition coefficient (Wildman–Crippen LogP) is 6.24. The molecule has 1 atom stereocenters. The number of rotatable bonds is 5. The number of aryl methyl sites for hydroxylation is 3. The standard InChI is InChI=1S/C21H21F3N2OS2/c1-11-8-17(13(3)28-11)20-18(29-14(4)26-20)10-19(27)25-12(2)15-6-5-7-16(9-15)21(22,23)24/h5-9,12H,10H2,1-4H3,(H,25,27)/t12-/m0/s1. The van der Waals surface area contributed by atoms with Crippen LogP contribution in [0.1, 0.15) is 43.7 Å². The van der Waals surface area contributed by atoms with Crippen molar-refractivity contribution in [3.05, 3.63) is 61.1 Å². The van der Waals surface area contributed by atoms with Crippen LogP contribution in [0.4, 0.5) is 13.2 Å². The van der Waals surface area contributed by atoms with Gasteiger partial charge in [0, 0.05) is 20.2 Å². The Morgan fingerprint density at radius 2 is 1.90 bits per heavy atom. The fraction of sp³-hybridized carbons (Fsp3) is 0.333. The van der Waals surface area contributed by atoms with Crippen molar-refractivity contribution in [1.82, 2.24) is 10.3 Å². The van der Waals surface area contributed by atoms with Crippen molar-refractivity contribution in [3.8, 4) is 11.3 Å². The molecule has 0 bridgehead atoms. The molecule has 0 radical (unpaired) electrons. The molecule has 2 aromatic heterocycles. The Labute approximate surface area is 175 Å². The van der Waals surface area contributed by atoms with Gasteiger partial charge in [-0.05, 0) is 51.5 Å². The second kappa shape index (κ2) is 8.28. The van der Waals surface area contributed by atoms with Crippen LogP contribution in [0.25, 0.3) is 11.3 Å². The molecule has 0 fully saturated rings. The topological polar surface area (TPSA) is 42.0 Å². The highest BCUT2D eigenvalue weighted by atomic mass is 32.1. The Morgan fingerprint density at radius 3 is 2.52 bits per heavy atom. The summed E-state index contributed by atoms with van der Waals surface area (Å²) in [5.41, 5.74) is 1.54. The molecule has 3 rings (SSSR count). The molecule has 0 spiro atoms. The lowest BCUT2D eigenvalue weighted by Crippen LogP contribution is -2.28. The van der Waals surface area contributed by atoms with E-state index in [9.17, 15) is 18.0 Å². The van der Waals surface area contributed by atoms with Gasteiger partial charge in [0.1, 0.15) is 0 Å². The van der Waals surface area contributed by atoms with E-state index in [1.807, 2.05) is 20.8 Å². The largest absolute Gasteiger partial charge is 0.416 e. The van der Waals surface area contributed by atoms with Crippen molar-refractivity contribution in [3.63, 3.8) is 0 Å². The van der Waals surface area contributed by atoms with Gasteiger partial charge in [-0.25, -0.2) is 4.98 Å². The van der Waals surface area contributed by atoms with Crippen LogP contribution in [-0.4, -0.2) is 10.9 Å². The van der Waals surface area contributed by atoms with Gasteiger partial charge in [0.2, 0.25) is 5.91 Å². The molecule has 0 saturated carbocycles. The van der Waals surface area contributed by atoms with Gasteiger partial charge in [-0.1, -0.05) is 12.1 Å². The van der Waals surface area contributed by atoms with Crippen LogP contribution in [0.15, 0.2) is 30.3 Å². The number of alkyl halides is 3. The molecule has 8 heteroatoms. The van der Waals surface area contributed by atoms with Crippen LogP contribution < -0.4 is 5.32 Å². The summed E-state index contributed by atoms with van der Waals surface area (Å²) >= 11 is 3.15. The lowest BCUT2D eigenvalue weighted by Gasteiger charge is -2.16. The lowest BCUT2D eigenvalue weighted by molar-refractivity contribution is -0.137. The lowest BCUT2D eigenvalue weighted by atomic mass is 10.0. The first-order valence-electron chi connectivity index (χ1n) is 9.05. The second-order valence-corrected chi connectivity index (χ2v) is 9.67. The number of nitrogens with one attached hydrogen (secondary N) is 1. The molecule has 0 saturated heterocycles. The Balaban J connectivity index is 1.76. The highest BCUT2D eigenvalue weighted by Crippen LogP contribution is 2.35. The van der Waals surface area contributed by atoms with E-state index in [1.165, 1.54) is 22.3 Å². The normalized spacial score (nSPS) is 12.8. The maximum absolute atomic E-state index is 12.9. The average molecular weight is 439 g/mol. The number of carbonyl (C=O) groups excluding carboxylic acids is 1. The number of halogens is 3. The molecule has 3 nitrogen and oxygen atoms in total. The van der Waals surface area contributed by atoms with Crippen LogP contribution in [0.2, 0.25) is 0 Å². The Bertz CT molecular complexity index is 1040. The van der Waals surface area contributed by atoms with E-state index in [-0.39, 0.29) is 12.3 Å². The Morgan fingerprint density at radius 1 is 1.17 bits per heavy atom. The molecule has 29 heavy (non-hydrogen) atoms. The SMILES string of the molecule is Cc1cc(-c2nc(C)sc2CC(=O)N[C@@H](C)c2cccc(C(F)(F)F)c2)c(C)s1. The molecule has 0 aliphatic rings. The summed E-state index contributed by atoms with van der Waals surface area (Å²) in [7, 11) is 0. The molecule has 2 heterocycles. The maximum atomic E-state index is 12.9. The number of hydrogen-bond acceptors (Lipinski definition) is 4. The molecule has 0 unspecified atom stereocenters. The molecule has 3 aromatic rings. The quantitative estimate of drug-likeness (QED) is 0.513. The minimum Gasteiger partial charge on any atom is -0.349 e. The number of benzene rings is 1. The molecule has 154 valence electrons. The Kier molecular flexibility index (Phi) is 6.14. The zero-order valence-corrected chi connectivity index (χ0v) is 18.1. The van der Waals surface area contributed by atoms with Crippen LogP contribution in [0.5, 0.6) is 0 Å². The van der Waals surface area contributed by atoms with Crippen molar-refractivity contribution in [2.75, 3.05) is 0 Å². The molecular weight excluding hydrogens is 417 g/mol. The highest BCUT2D eigenvalue weighted by Gasteiger charge is 2.30. The van der Waals surface area contributed by atoms with E-state index < -0.39 is 17.8 Å². The fourth-order valence-corrected chi connectivity index (χ4v) is 5.05. The maximum Gasteiger partial charge on any atom is 0.416 e. The number of nitrogens with zero attached hydrogens (tertiary/aromatic N) is 1. The van der Waals surface area contributed by atoms with Gasteiger partial charge in [-0.2, -0.15) is 13.2 Å². The summed E-state index contributed by atoms with van der Waals surface area (Å²) in [5.74, 6) is -0.246. The van der Waals surface area contributed by atoms with Crippen LogP contribution >= 0.6 is 22.7 Å². The van der Waals surface area contributed by atoms with Crippen molar-refractivity contribution in [1.29, 1.82) is 0 Å². The van der Waals surface area contributed by atoms with Crippen LogP contribution in [-0.2, 0) is 17.4 Å². The number of hydrogen-bond donors (Lipinski definition) is 1. The number of thiazole rings is 1. The summed E-state index contributed by atoms with van der Waals surface area (Å²) in [6.45, 7) is 7.64. The van der Waals surface area contributed by atoms with E-state index in [2.05, 4.69) is 16.4 Å². The zero-order valence-electron chi connectivity index (χ0n) is 16.5. The summed E-state index contributed by atoms with van der Waals surface area (Å²) in [6, 6.07) is 6.57. The minimum absolute atomic E-state index is 0.137. The Hall–Kier alpha value is -2.19. The number of aromatic nitrogens is 1. The first-order chi connectivity index (χ1) is 13.5. The molecule has 1 amide bonds. The van der Waals surface area contributed by atoms with Gasteiger partial charge in [-0.3, -0.25) is 4.79 Å². The third-order valence-corrected chi connectivity index (χ3v) is 6.45. The van der Waals surface area contributed by atoms with Gasteiger partial charge >= 0.3 is 6.18 Å². The van der Waals surface area contributed by atoms with Crippen molar-refractivity contribution < 1.29 is 18.0 Å². The summed E-state index contributed by atoms with van der Waals surface area (Å²) in [5, 5.41) is 3.68. The van der Waals surface area contributed by atoms with Gasteiger partial charge in [0.05, 0.1) is 28.7 Å². The van der Waals surface area contributed by atoms with Crippen LogP contribution in [0, 0.1) is 20.8 Å². The average Bonchev–Trinajstić information content (AvgIpc) is 3.14.